The van der Waals surface area contributed by atoms with Crippen LogP contribution in [0.4, 0.5) is 0 Å². The molecule has 0 spiro atoms. The van der Waals surface area contributed by atoms with Crippen LogP contribution in [0.25, 0.3) is 0 Å². The molecule has 1 aromatic rings. The third kappa shape index (κ3) is 4.65. The van der Waals surface area contributed by atoms with Gasteiger partial charge in [0.2, 0.25) is 5.91 Å². The SMILES string of the molecule is O=C(CO)NCC1CCN(CCc2ccccc2)C1. The van der Waals surface area contributed by atoms with Crippen LogP contribution in [0.1, 0.15) is 12.0 Å². The predicted molar refractivity (Wildman–Crippen MR) is 74.8 cm³/mol. The third-order valence-electron chi connectivity index (χ3n) is 3.66. The number of hydrogen-bond donors (Lipinski definition) is 2. The van der Waals surface area contributed by atoms with Crippen LogP contribution in [0.2, 0.25) is 0 Å². The number of likely N-dealkylation sites (tertiary alicyclic amines) is 1. The number of aliphatic hydroxyl groups excluding tert-OH is 1. The molecule has 0 aliphatic carbocycles. The molecule has 1 heterocycles. The summed E-state index contributed by atoms with van der Waals surface area (Å²) in [4.78, 5) is 13.4. The highest BCUT2D eigenvalue weighted by Crippen LogP contribution is 2.15. The fourth-order valence-electron chi connectivity index (χ4n) is 2.53. The van der Waals surface area contributed by atoms with E-state index in [0.29, 0.717) is 12.5 Å². The van der Waals surface area contributed by atoms with E-state index in [9.17, 15) is 4.79 Å². The summed E-state index contributed by atoms with van der Waals surface area (Å²) in [6, 6.07) is 10.5. The van der Waals surface area contributed by atoms with Crippen LogP contribution < -0.4 is 5.32 Å². The molecule has 2 N–H and O–H groups in total. The summed E-state index contributed by atoms with van der Waals surface area (Å²) in [5.74, 6) is 0.244. The van der Waals surface area contributed by atoms with Gasteiger partial charge in [-0.3, -0.25) is 4.79 Å². The molecular weight excluding hydrogens is 240 g/mol. The van der Waals surface area contributed by atoms with E-state index in [1.165, 1.54) is 5.56 Å². The Morgan fingerprint density at radius 2 is 2.16 bits per heavy atom. The Kier molecular flexibility index (Phi) is 5.36. The molecule has 1 atom stereocenters. The molecule has 1 amide bonds. The number of nitrogens with one attached hydrogen (secondary N) is 1. The molecule has 0 aromatic heterocycles. The first-order valence-electron chi connectivity index (χ1n) is 6.92. The fraction of sp³-hybridized carbons (Fsp3) is 0.533. The zero-order valence-corrected chi connectivity index (χ0v) is 11.2. The van der Waals surface area contributed by atoms with Crippen LogP contribution in [-0.4, -0.2) is 48.7 Å². The lowest BCUT2D eigenvalue weighted by Gasteiger charge is -2.16. The molecule has 2 rings (SSSR count). The first-order valence-corrected chi connectivity index (χ1v) is 6.92. The van der Waals surface area contributed by atoms with Crippen LogP contribution in [0, 0.1) is 5.92 Å². The van der Waals surface area contributed by atoms with E-state index in [4.69, 9.17) is 5.11 Å². The Morgan fingerprint density at radius 1 is 1.37 bits per heavy atom. The van der Waals surface area contributed by atoms with Crippen molar-refractivity contribution < 1.29 is 9.90 Å². The number of amides is 1. The van der Waals surface area contributed by atoms with Gasteiger partial charge < -0.3 is 15.3 Å². The van der Waals surface area contributed by atoms with Gasteiger partial charge in [-0.25, -0.2) is 0 Å². The molecule has 19 heavy (non-hydrogen) atoms. The van der Waals surface area contributed by atoms with E-state index in [1.54, 1.807) is 0 Å². The second kappa shape index (κ2) is 7.26. The highest BCUT2D eigenvalue weighted by Gasteiger charge is 2.22. The molecule has 0 bridgehead atoms. The molecule has 1 aliphatic heterocycles. The van der Waals surface area contributed by atoms with Crippen molar-refractivity contribution in [3.63, 3.8) is 0 Å². The minimum Gasteiger partial charge on any atom is -0.387 e. The van der Waals surface area contributed by atoms with Crippen molar-refractivity contribution in [1.82, 2.24) is 10.2 Å². The quantitative estimate of drug-likeness (QED) is 0.792. The molecule has 1 fully saturated rings. The number of carbonyl (C=O) groups excluding carboxylic acids is 1. The van der Waals surface area contributed by atoms with Crippen LogP contribution in [0.15, 0.2) is 30.3 Å². The number of aliphatic hydroxyl groups is 1. The average Bonchev–Trinajstić information content (AvgIpc) is 2.91. The maximum atomic E-state index is 11.0. The van der Waals surface area contributed by atoms with Crippen LogP contribution in [0.5, 0.6) is 0 Å². The summed E-state index contributed by atoms with van der Waals surface area (Å²) >= 11 is 0. The van der Waals surface area contributed by atoms with Crippen molar-refractivity contribution >= 4 is 5.91 Å². The van der Waals surface area contributed by atoms with Gasteiger partial charge in [0.15, 0.2) is 0 Å². The van der Waals surface area contributed by atoms with Crippen molar-refractivity contribution in [2.24, 2.45) is 5.92 Å². The zero-order valence-electron chi connectivity index (χ0n) is 11.2. The number of rotatable bonds is 6. The van der Waals surface area contributed by atoms with Crippen molar-refractivity contribution in [3.8, 4) is 0 Å². The van der Waals surface area contributed by atoms with Gasteiger partial charge in [0, 0.05) is 19.6 Å². The van der Waals surface area contributed by atoms with Crippen molar-refractivity contribution in [1.29, 1.82) is 0 Å². The summed E-state index contributed by atoms with van der Waals surface area (Å²) < 4.78 is 0. The molecule has 1 unspecified atom stereocenters. The lowest BCUT2D eigenvalue weighted by molar-refractivity contribution is -0.123. The zero-order chi connectivity index (χ0) is 13.5. The average molecular weight is 262 g/mol. The van der Waals surface area contributed by atoms with E-state index in [1.807, 2.05) is 6.07 Å². The number of nitrogens with zero attached hydrogens (tertiary/aromatic N) is 1. The minimum atomic E-state index is -0.412. The van der Waals surface area contributed by atoms with Gasteiger partial charge in [-0.15, -0.1) is 0 Å². The summed E-state index contributed by atoms with van der Waals surface area (Å²) in [6.07, 6.45) is 2.21. The van der Waals surface area contributed by atoms with Crippen molar-refractivity contribution in [2.75, 3.05) is 32.8 Å². The molecule has 1 aliphatic rings. The molecule has 104 valence electrons. The number of benzene rings is 1. The molecule has 1 saturated heterocycles. The summed E-state index contributed by atoms with van der Waals surface area (Å²) in [5, 5.41) is 11.4. The highest BCUT2D eigenvalue weighted by molar-refractivity contribution is 5.76. The van der Waals surface area contributed by atoms with Gasteiger partial charge in [-0.1, -0.05) is 30.3 Å². The Labute approximate surface area is 114 Å². The Hall–Kier alpha value is -1.39. The van der Waals surface area contributed by atoms with E-state index in [2.05, 4.69) is 34.5 Å². The van der Waals surface area contributed by atoms with Gasteiger partial charge in [0.05, 0.1) is 0 Å². The topological polar surface area (TPSA) is 52.6 Å². The first kappa shape index (κ1) is 14.0. The van der Waals surface area contributed by atoms with Gasteiger partial charge in [0.25, 0.3) is 0 Å². The van der Waals surface area contributed by atoms with Crippen LogP contribution >= 0.6 is 0 Å². The largest absolute Gasteiger partial charge is 0.387 e. The monoisotopic (exact) mass is 262 g/mol. The van der Waals surface area contributed by atoms with E-state index < -0.39 is 6.61 Å². The Morgan fingerprint density at radius 3 is 2.89 bits per heavy atom. The Balaban J connectivity index is 1.66. The number of hydrogen-bond acceptors (Lipinski definition) is 3. The van der Waals surface area contributed by atoms with Crippen molar-refractivity contribution in [3.05, 3.63) is 35.9 Å². The van der Waals surface area contributed by atoms with Crippen LogP contribution in [-0.2, 0) is 11.2 Å². The number of carbonyl (C=O) groups is 1. The van der Waals surface area contributed by atoms with E-state index in [-0.39, 0.29) is 5.91 Å². The van der Waals surface area contributed by atoms with Gasteiger partial charge in [-0.2, -0.15) is 0 Å². The fourth-order valence-corrected chi connectivity index (χ4v) is 2.53. The van der Waals surface area contributed by atoms with Gasteiger partial charge in [0.1, 0.15) is 6.61 Å². The predicted octanol–water partition coefficient (Wildman–Crippen LogP) is 0.659. The maximum absolute atomic E-state index is 11.0. The van der Waals surface area contributed by atoms with E-state index in [0.717, 1.165) is 32.5 Å². The Bertz CT molecular complexity index is 394. The molecular formula is C15H22N2O2. The van der Waals surface area contributed by atoms with Crippen LogP contribution in [0.3, 0.4) is 0 Å². The lowest BCUT2D eigenvalue weighted by Crippen LogP contribution is -2.33. The highest BCUT2D eigenvalue weighted by atomic mass is 16.3. The standard InChI is InChI=1S/C15H22N2O2/c18-12-15(19)16-10-14-7-9-17(11-14)8-6-13-4-2-1-3-5-13/h1-5,14,18H,6-12H2,(H,16,19). The molecule has 0 radical (unpaired) electrons. The first-order chi connectivity index (χ1) is 9.28. The third-order valence-corrected chi connectivity index (χ3v) is 3.66. The maximum Gasteiger partial charge on any atom is 0.245 e. The summed E-state index contributed by atoms with van der Waals surface area (Å²) in [6.45, 7) is 3.49. The molecule has 4 nitrogen and oxygen atoms in total. The van der Waals surface area contributed by atoms with Crippen molar-refractivity contribution in [2.45, 2.75) is 12.8 Å². The smallest absolute Gasteiger partial charge is 0.245 e. The van der Waals surface area contributed by atoms with Gasteiger partial charge >= 0.3 is 0 Å². The lowest BCUT2D eigenvalue weighted by atomic mass is 10.1. The molecule has 4 heteroatoms. The summed E-state index contributed by atoms with van der Waals surface area (Å²) in [7, 11) is 0. The minimum absolute atomic E-state index is 0.275. The second-order valence-corrected chi connectivity index (χ2v) is 5.15. The normalized spacial score (nSPS) is 19.5. The van der Waals surface area contributed by atoms with Gasteiger partial charge in [-0.05, 0) is 30.9 Å². The summed E-state index contributed by atoms with van der Waals surface area (Å²) in [5.41, 5.74) is 1.37. The molecule has 0 saturated carbocycles. The van der Waals surface area contributed by atoms with E-state index >= 15 is 0 Å². The molecule has 1 aromatic carbocycles. The second-order valence-electron chi connectivity index (χ2n) is 5.15.